The van der Waals surface area contributed by atoms with Gasteiger partial charge < -0.3 is 9.84 Å². The molecule has 2 nitrogen and oxygen atoms in total. The zero-order valence-electron chi connectivity index (χ0n) is 9.66. The van der Waals surface area contributed by atoms with Crippen molar-refractivity contribution in [2.24, 2.45) is 0 Å². The van der Waals surface area contributed by atoms with Crippen molar-refractivity contribution < 1.29 is 14.2 Å². The van der Waals surface area contributed by atoms with Crippen LogP contribution < -0.4 is 4.74 Å². The van der Waals surface area contributed by atoms with Crippen molar-refractivity contribution in [2.75, 3.05) is 0 Å². The minimum atomic E-state index is -0.626. The molecular formula is C13H17FO2. The standard InChI is InChI=1S/C13H17FO2/c1-3-13(4-2)8-11(15)10-7-9(14)5-6-12(10)16-13/h5-7,11,15H,3-4,8H2,1-2H3/t11-/m1/s1. The molecule has 1 N–H and O–H groups in total. The molecule has 1 heterocycles. The Morgan fingerprint density at radius 1 is 1.44 bits per heavy atom. The Kier molecular flexibility index (Phi) is 2.89. The third kappa shape index (κ3) is 1.80. The van der Waals surface area contributed by atoms with Crippen molar-refractivity contribution in [3.05, 3.63) is 29.6 Å². The zero-order chi connectivity index (χ0) is 11.8. The molecule has 0 aromatic heterocycles. The first kappa shape index (κ1) is 11.4. The molecule has 0 unspecified atom stereocenters. The number of hydrogen-bond acceptors (Lipinski definition) is 2. The lowest BCUT2D eigenvalue weighted by Crippen LogP contribution is -2.40. The second-order valence-corrected chi connectivity index (χ2v) is 4.39. The molecule has 1 atom stereocenters. The van der Waals surface area contributed by atoms with Gasteiger partial charge in [-0.05, 0) is 31.0 Å². The molecule has 88 valence electrons. The summed E-state index contributed by atoms with van der Waals surface area (Å²) in [5.41, 5.74) is 0.266. The Hall–Kier alpha value is -1.09. The molecule has 1 aromatic rings. The molecule has 3 heteroatoms. The van der Waals surface area contributed by atoms with Gasteiger partial charge in [0.05, 0.1) is 6.10 Å². The number of aliphatic hydroxyl groups is 1. The maximum absolute atomic E-state index is 13.1. The van der Waals surface area contributed by atoms with Crippen LogP contribution in [0, 0.1) is 5.82 Å². The third-order valence-corrected chi connectivity index (χ3v) is 3.51. The largest absolute Gasteiger partial charge is 0.487 e. The van der Waals surface area contributed by atoms with Gasteiger partial charge >= 0.3 is 0 Å². The number of fused-ring (bicyclic) bond motifs is 1. The van der Waals surface area contributed by atoms with E-state index in [1.807, 2.05) is 13.8 Å². The summed E-state index contributed by atoms with van der Waals surface area (Å²) in [5, 5.41) is 10.0. The Bertz CT molecular complexity index is 386. The van der Waals surface area contributed by atoms with E-state index in [0.29, 0.717) is 17.7 Å². The molecule has 0 spiro atoms. The van der Waals surface area contributed by atoms with Crippen LogP contribution in [0.1, 0.15) is 44.8 Å². The van der Waals surface area contributed by atoms with E-state index in [4.69, 9.17) is 4.74 Å². The monoisotopic (exact) mass is 224 g/mol. The summed E-state index contributed by atoms with van der Waals surface area (Å²) in [6, 6.07) is 4.33. The van der Waals surface area contributed by atoms with E-state index in [0.717, 1.165) is 12.8 Å². The van der Waals surface area contributed by atoms with E-state index < -0.39 is 6.10 Å². The molecule has 16 heavy (non-hydrogen) atoms. The van der Waals surface area contributed by atoms with E-state index >= 15 is 0 Å². The van der Waals surface area contributed by atoms with Crippen molar-refractivity contribution in [3.8, 4) is 5.75 Å². The number of ether oxygens (including phenoxy) is 1. The molecule has 0 radical (unpaired) electrons. The second-order valence-electron chi connectivity index (χ2n) is 4.39. The lowest BCUT2D eigenvalue weighted by molar-refractivity contribution is -0.0198. The molecule has 2 rings (SSSR count). The fraction of sp³-hybridized carbons (Fsp3) is 0.538. The first-order valence-corrected chi connectivity index (χ1v) is 5.77. The van der Waals surface area contributed by atoms with Crippen LogP contribution in [0.4, 0.5) is 4.39 Å². The predicted octanol–water partition coefficient (Wildman–Crippen LogP) is 3.20. The van der Waals surface area contributed by atoms with Crippen LogP contribution in [0.3, 0.4) is 0 Å². The predicted molar refractivity (Wildman–Crippen MR) is 59.9 cm³/mol. The fourth-order valence-corrected chi connectivity index (χ4v) is 2.29. The van der Waals surface area contributed by atoms with E-state index in [2.05, 4.69) is 0 Å². The molecule has 1 aromatic carbocycles. The summed E-state index contributed by atoms with van der Waals surface area (Å²) in [6.45, 7) is 4.09. The minimum Gasteiger partial charge on any atom is -0.487 e. The van der Waals surface area contributed by atoms with Gasteiger partial charge in [0.25, 0.3) is 0 Å². The summed E-state index contributed by atoms with van der Waals surface area (Å²) in [6.07, 6.45) is 1.60. The van der Waals surface area contributed by atoms with Crippen LogP contribution in [0.15, 0.2) is 18.2 Å². The number of rotatable bonds is 2. The van der Waals surface area contributed by atoms with Crippen LogP contribution in [0.2, 0.25) is 0 Å². The Labute approximate surface area is 95.1 Å². The van der Waals surface area contributed by atoms with Gasteiger partial charge in [0, 0.05) is 12.0 Å². The number of benzene rings is 1. The fourth-order valence-electron chi connectivity index (χ4n) is 2.29. The smallest absolute Gasteiger partial charge is 0.126 e. The molecule has 0 bridgehead atoms. The normalized spacial score (nSPS) is 22.4. The lowest BCUT2D eigenvalue weighted by atomic mass is 9.85. The van der Waals surface area contributed by atoms with Crippen molar-refractivity contribution in [1.29, 1.82) is 0 Å². The highest BCUT2D eigenvalue weighted by Gasteiger charge is 2.37. The molecule has 0 saturated carbocycles. The lowest BCUT2D eigenvalue weighted by Gasteiger charge is -2.39. The summed E-state index contributed by atoms with van der Waals surface area (Å²) in [5.74, 6) is 0.283. The van der Waals surface area contributed by atoms with Crippen molar-refractivity contribution in [1.82, 2.24) is 0 Å². The van der Waals surface area contributed by atoms with Gasteiger partial charge in [0.2, 0.25) is 0 Å². The molecule has 0 saturated heterocycles. The first-order valence-electron chi connectivity index (χ1n) is 5.77. The van der Waals surface area contributed by atoms with Gasteiger partial charge in [-0.25, -0.2) is 4.39 Å². The Morgan fingerprint density at radius 2 is 2.12 bits per heavy atom. The summed E-state index contributed by atoms with van der Waals surface area (Å²) in [7, 11) is 0. The average molecular weight is 224 g/mol. The minimum absolute atomic E-state index is 0.301. The Balaban J connectivity index is 2.40. The molecule has 0 amide bonds. The van der Waals surface area contributed by atoms with Crippen molar-refractivity contribution >= 4 is 0 Å². The van der Waals surface area contributed by atoms with Gasteiger partial charge in [-0.2, -0.15) is 0 Å². The number of hydrogen-bond donors (Lipinski definition) is 1. The van der Waals surface area contributed by atoms with E-state index in [1.165, 1.54) is 12.1 Å². The summed E-state index contributed by atoms with van der Waals surface area (Å²) in [4.78, 5) is 0. The summed E-state index contributed by atoms with van der Waals surface area (Å²) >= 11 is 0. The zero-order valence-corrected chi connectivity index (χ0v) is 9.66. The van der Waals surface area contributed by atoms with Crippen LogP contribution >= 0.6 is 0 Å². The molecule has 0 aliphatic carbocycles. The number of halogens is 1. The molecule has 1 aliphatic heterocycles. The quantitative estimate of drug-likeness (QED) is 0.835. The highest BCUT2D eigenvalue weighted by atomic mass is 19.1. The van der Waals surface area contributed by atoms with Crippen molar-refractivity contribution in [3.63, 3.8) is 0 Å². The van der Waals surface area contributed by atoms with Crippen LogP contribution in [-0.2, 0) is 0 Å². The topological polar surface area (TPSA) is 29.5 Å². The maximum Gasteiger partial charge on any atom is 0.126 e. The molecular weight excluding hydrogens is 207 g/mol. The summed E-state index contributed by atoms with van der Waals surface area (Å²) < 4.78 is 19.0. The molecule has 0 fully saturated rings. The number of aliphatic hydroxyl groups excluding tert-OH is 1. The van der Waals surface area contributed by atoms with Crippen LogP contribution in [0.25, 0.3) is 0 Å². The van der Waals surface area contributed by atoms with Gasteiger partial charge in [0.15, 0.2) is 0 Å². The van der Waals surface area contributed by atoms with Gasteiger partial charge in [0.1, 0.15) is 17.2 Å². The SMILES string of the molecule is CCC1(CC)C[C@@H](O)c2cc(F)ccc2O1. The first-order chi connectivity index (χ1) is 7.60. The highest BCUT2D eigenvalue weighted by Crippen LogP contribution is 2.42. The second kappa shape index (κ2) is 4.06. The van der Waals surface area contributed by atoms with E-state index in [-0.39, 0.29) is 11.4 Å². The van der Waals surface area contributed by atoms with Crippen LogP contribution in [0.5, 0.6) is 5.75 Å². The van der Waals surface area contributed by atoms with E-state index in [9.17, 15) is 9.50 Å². The van der Waals surface area contributed by atoms with Gasteiger partial charge in [-0.15, -0.1) is 0 Å². The average Bonchev–Trinajstić information content (AvgIpc) is 2.30. The molecule has 1 aliphatic rings. The highest BCUT2D eigenvalue weighted by molar-refractivity contribution is 5.38. The van der Waals surface area contributed by atoms with Gasteiger partial charge in [-0.3, -0.25) is 0 Å². The van der Waals surface area contributed by atoms with Gasteiger partial charge in [-0.1, -0.05) is 13.8 Å². The Morgan fingerprint density at radius 3 is 2.75 bits per heavy atom. The maximum atomic E-state index is 13.1. The van der Waals surface area contributed by atoms with E-state index in [1.54, 1.807) is 6.07 Å². The van der Waals surface area contributed by atoms with Crippen molar-refractivity contribution in [2.45, 2.75) is 44.8 Å². The third-order valence-electron chi connectivity index (χ3n) is 3.51. The van der Waals surface area contributed by atoms with Crippen LogP contribution in [-0.4, -0.2) is 10.7 Å².